The minimum Gasteiger partial charge on any atom is -0.383 e. The summed E-state index contributed by atoms with van der Waals surface area (Å²) in [7, 11) is 1.65. The first-order chi connectivity index (χ1) is 13.6. The van der Waals surface area contributed by atoms with Gasteiger partial charge >= 0.3 is 0 Å². The van der Waals surface area contributed by atoms with Gasteiger partial charge in [0.15, 0.2) is 0 Å². The van der Waals surface area contributed by atoms with Crippen molar-refractivity contribution in [2.45, 2.75) is 20.0 Å². The predicted molar refractivity (Wildman–Crippen MR) is 115 cm³/mol. The highest BCUT2D eigenvalue weighted by molar-refractivity contribution is 9.10. The summed E-state index contributed by atoms with van der Waals surface area (Å²) in [6, 6.07) is 20.1. The molecule has 2 aromatic carbocycles. The first kappa shape index (κ1) is 20.4. The molecular formula is C23H25BrN2O2. The first-order valence-corrected chi connectivity index (χ1v) is 10.1. The quantitative estimate of drug-likeness (QED) is 0.499. The van der Waals surface area contributed by atoms with Crippen molar-refractivity contribution < 1.29 is 9.53 Å². The van der Waals surface area contributed by atoms with Gasteiger partial charge < -0.3 is 14.2 Å². The maximum absolute atomic E-state index is 13.1. The number of nitrogens with zero attached hydrogens (tertiary/aromatic N) is 2. The largest absolute Gasteiger partial charge is 0.383 e. The van der Waals surface area contributed by atoms with E-state index in [9.17, 15) is 4.79 Å². The Kier molecular flexibility index (Phi) is 7.06. The molecule has 0 unspecified atom stereocenters. The summed E-state index contributed by atoms with van der Waals surface area (Å²) in [5.41, 5.74) is 4.26. The second kappa shape index (κ2) is 9.71. The van der Waals surface area contributed by atoms with E-state index in [1.54, 1.807) is 7.11 Å². The lowest BCUT2D eigenvalue weighted by molar-refractivity contribution is 0.0676. The van der Waals surface area contributed by atoms with Crippen molar-refractivity contribution >= 4 is 21.8 Å². The van der Waals surface area contributed by atoms with Gasteiger partial charge in [-0.15, -0.1) is 0 Å². The van der Waals surface area contributed by atoms with Gasteiger partial charge in [-0.3, -0.25) is 4.79 Å². The lowest BCUT2D eigenvalue weighted by Gasteiger charge is -2.23. The fourth-order valence-electron chi connectivity index (χ4n) is 3.09. The van der Waals surface area contributed by atoms with E-state index in [1.807, 2.05) is 35.2 Å². The van der Waals surface area contributed by atoms with E-state index in [-0.39, 0.29) is 5.91 Å². The summed E-state index contributed by atoms with van der Waals surface area (Å²) < 4.78 is 8.32. The Hall–Kier alpha value is -2.37. The van der Waals surface area contributed by atoms with Gasteiger partial charge in [0.25, 0.3) is 5.91 Å². The molecule has 0 atom stereocenters. The average Bonchev–Trinajstić information content (AvgIpc) is 3.13. The Morgan fingerprint density at radius 1 is 1.11 bits per heavy atom. The minimum atomic E-state index is 0.00133. The van der Waals surface area contributed by atoms with Crippen molar-refractivity contribution in [2.75, 3.05) is 20.3 Å². The number of amides is 1. The molecule has 0 saturated carbocycles. The molecule has 0 spiro atoms. The third-order valence-electron chi connectivity index (χ3n) is 4.67. The highest BCUT2D eigenvalue weighted by atomic mass is 79.9. The zero-order valence-electron chi connectivity index (χ0n) is 16.3. The molecule has 5 heteroatoms. The number of aryl methyl sites for hydroxylation is 1. The summed E-state index contributed by atoms with van der Waals surface area (Å²) in [5.74, 6) is 0.00133. The molecule has 0 radical (unpaired) electrons. The van der Waals surface area contributed by atoms with E-state index >= 15 is 0 Å². The fraction of sp³-hybridized carbons (Fsp3) is 0.261. The predicted octanol–water partition coefficient (Wildman–Crippen LogP) is 4.90. The number of halogens is 1. The number of methoxy groups -OCH3 is 1. The molecule has 0 saturated heterocycles. The van der Waals surface area contributed by atoms with Crippen LogP contribution >= 0.6 is 15.9 Å². The van der Waals surface area contributed by atoms with Crippen LogP contribution in [0, 0.1) is 6.92 Å². The molecule has 4 nitrogen and oxygen atoms in total. The Bertz CT molecular complexity index is 918. The third-order valence-corrected chi connectivity index (χ3v) is 5.17. The fourth-order valence-corrected chi connectivity index (χ4v) is 3.49. The van der Waals surface area contributed by atoms with Crippen LogP contribution < -0.4 is 0 Å². The van der Waals surface area contributed by atoms with Crippen LogP contribution in [0.3, 0.4) is 0 Å². The van der Waals surface area contributed by atoms with E-state index in [1.165, 1.54) is 11.1 Å². The lowest BCUT2D eigenvalue weighted by Crippen LogP contribution is -2.34. The van der Waals surface area contributed by atoms with E-state index in [4.69, 9.17) is 4.74 Å². The number of carbonyl (C=O) groups is 1. The number of carbonyl (C=O) groups excluding carboxylic acids is 1. The molecule has 28 heavy (non-hydrogen) atoms. The number of ether oxygens (including phenoxy) is 1. The van der Waals surface area contributed by atoms with Gasteiger partial charge in [0.2, 0.25) is 0 Å². The van der Waals surface area contributed by atoms with Crippen LogP contribution in [-0.4, -0.2) is 35.6 Å². The van der Waals surface area contributed by atoms with Crippen LogP contribution in [-0.2, 0) is 17.8 Å². The van der Waals surface area contributed by atoms with Crippen LogP contribution in [0.5, 0.6) is 0 Å². The van der Waals surface area contributed by atoms with Crippen molar-refractivity contribution in [1.29, 1.82) is 0 Å². The van der Waals surface area contributed by atoms with Crippen molar-refractivity contribution in [2.24, 2.45) is 0 Å². The van der Waals surface area contributed by atoms with Crippen LogP contribution in [0.25, 0.3) is 0 Å². The standard InChI is InChI=1S/C23H25BrN2O2/c1-18-8-10-19(11-9-18)16-25-12-4-7-22(25)17-26(13-14-28-2)23(27)20-5-3-6-21(24)15-20/h3-12,15H,13-14,16-17H2,1-2H3. The second-order valence-corrected chi connectivity index (χ2v) is 7.76. The van der Waals surface area contributed by atoms with Gasteiger partial charge in [-0.05, 0) is 42.8 Å². The maximum atomic E-state index is 13.1. The second-order valence-electron chi connectivity index (χ2n) is 6.84. The molecule has 0 fully saturated rings. The molecule has 0 aliphatic rings. The number of benzene rings is 2. The highest BCUT2D eigenvalue weighted by Crippen LogP contribution is 2.16. The first-order valence-electron chi connectivity index (χ1n) is 9.30. The zero-order chi connectivity index (χ0) is 19.9. The molecule has 3 aromatic rings. The van der Waals surface area contributed by atoms with E-state index in [2.05, 4.69) is 63.9 Å². The van der Waals surface area contributed by atoms with E-state index < -0.39 is 0 Å². The third kappa shape index (κ3) is 5.33. The average molecular weight is 441 g/mol. The smallest absolute Gasteiger partial charge is 0.254 e. The molecule has 0 aliphatic heterocycles. The Morgan fingerprint density at radius 2 is 1.89 bits per heavy atom. The molecule has 0 N–H and O–H groups in total. The SMILES string of the molecule is COCCN(Cc1cccn1Cc1ccc(C)cc1)C(=O)c1cccc(Br)c1. The summed E-state index contributed by atoms with van der Waals surface area (Å²) in [6.07, 6.45) is 2.06. The van der Waals surface area contributed by atoms with Gasteiger partial charge in [0, 0.05) is 42.1 Å². The van der Waals surface area contributed by atoms with Gasteiger partial charge in [0.05, 0.1) is 13.2 Å². The Labute approximate surface area is 174 Å². The van der Waals surface area contributed by atoms with Crippen molar-refractivity contribution in [3.05, 3.63) is 93.7 Å². The van der Waals surface area contributed by atoms with Crippen LogP contribution in [0.4, 0.5) is 0 Å². The van der Waals surface area contributed by atoms with Gasteiger partial charge in [-0.2, -0.15) is 0 Å². The van der Waals surface area contributed by atoms with Gasteiger partial charge in [-0.1, -0.05) is 51.8 Å². The van der Waals surface area contributed by atoms with Crippen molar-refractivity contribution in [1.82, 2.24) is 9.47 Å². The molecular weight excluding hydrogens is 416 g/mol. The molecule has 0 aliphatic carbocycles. The Morgan fingerprint density at radius 3 is 2.61 bits per heavy atom. The van der Waals surface area contributed by atoms with Crippen molar-refractivity contribution in [3.63, 3.8) is 0 Å². The van der Waals surface area contributed by atoms with Crippen LogP contribution in [0.1, 0.15) is 27.2 Å². The van der Waals surface area contributed by atoms with Crippen LogP contribution in [0.15, 0.2) is 71.3 Å². The van der Waals surface area contributed by atoms with E-state index in [0.717, 1.165) is 16.7 Å². The molecule has 146 valence electrons. The molecule has 1 aromatic heterocycles. The van der Waals surface area contributed by atoms with Gasteiger partial charge in [0.1, 0.15) is 0 Å². The summed E-state index contributed by atoms with van der Waals surface area (Å²) in [4.78, 5) is 14.9. The lowest BCUT2D eigenvalue weighted by atomic mass is 10.1. The number of rotatable bonds is 8. The summed E-state index contributed by atoms with van der Waals surface area (Å²) in [5, 5.41) is 0. The summed E-state index contributed by atoms with van der Waals surface area (Å²) >= 11 is 3.45. The van der Waals surface area contributed by atoms with Crippen LogP contribution in [0.2, 0.25) is 0 Å². The highest BCUT2D eigenvalue weighted by Gasteiger charge is 2.18. The molecule has 1 heterocycles. The molecule has 3 rings (SSSR count). The molecule has 0 bridgehead atoms. The zero-order valence-corrected chi connectivity index (χ0v) is 17.9. The maximum Gasteiger partial charge on any atom is 0.254 e. The number of hydrogen-bond acceptors (Lipinski definition) is 2. The Balaban J connectivity index is 1.78. The number of aromatic nitrogens is 1. The van der Waals surface area contributed by atoms with Gasteiger partial charge in [-0.25, -0.2) is 0 Å². The topological polar surface area (TPSA) is 34.5 Å². The normalized spacial score (nSPS) is 10.8. The van der Waals surface area contributed by atoms with E-state index in [0.29, 0.717) is 25.3 Å². The number of hydrogen-bond donors (Lipinski definition) is 0. The summed E-state index contributed by atoms with van der Waals surface area (Å²) in [6.45, 7) is 4.45. The monoisotopic (exact) mass is 440 g/mol. The van der Waals surface area contributed by atoms with Crippen molar-refractivity contribution in [3.8, 4) is 0 Å². The minimum absolute atomic E-state index is 0.00133. The molecule has 1 amide bonds.